The van der Waals surface area contributed by atoms with Crippen LogP contribution in [0, 0.1) is 5.92 Å². The fraction of sp³-hybridized carbons (Fsp3) is 0.375. The van der Waals surface area contributed by atoms with E-state index in [9.17, 15) is 4.79 Å². The Balaban J connectivity index is 2.28. The van der Waals surface area contributed by atoms with E-state index in [0.717, 1.165) is 30.3 Å². The first-order valence-corrected chi connectivity index (χ1v) is 8.51. The molecule has 1 atom stereocenters. The predicted octanol–water partition coefficient (Wildman–Crippen LogP) is 2.94. The van der Waals surface area contributed by atoms with E-state index < -0.39 is 5.92 Å². The standard InChI is InChI=1S/C16H21N3O2S/c1-3-4-10-21-14-11-13(16(20)22-2)15(17)18-19(14)12-8-6-5-7-9-12/h5-9,11,13H,3-4,10H2,1-2H3,(H2,17,18). The molecule has 0 radical (unpaired) electrons. The molecule has 1 aliphatic heterocycles. The van der Waals surface area contributed by atoms with Crippen LogP contribution in [0.15, 0.2) is 47.4 Å². The summed E-state index contributed by atoms with van der Waals surface area (Å²) in [5.41, 5.74) is 6.82. The third-order valence-corrected chi connectivity index (χ3v) is 3.91. The summed E-state index contributed by atoms with van der Waals surface area (Å²) in [5, 5.41) is 5.97. The Bertz CT molecular complexity index is 572. The molecule has 5 nitrogen and oxygen atoms in total. The van der Waals surface area contributed by atoms with Crippen LogP contribution in [0.5, 0.6) is 0 Å². The summed E-state index contributed by atoms with van der Waals surface area (Å²) >= 11 is 1.14. The fourth-order valence-corrected chi connectivity index (χ4v) is 2.47. The van der Waals surface area contributed by atoms with E-state index in [1.807, 2.05) is 30.3 Å². The summed E-state index contributed by atoms with van der Waals surface area (Å²) < 4.78 is 5.83. The van der Waals surface area contributed by atoms with Gasteiger partial charge < -0.3 is 10.5 Å². The lowest BCUT2D eigenvalue weighted by Crippen LogP contribution is -2.36. The Labute approximate surface area is 135 Å². The van der Waals surface area contributed by atoms with E-state index in [1.165, 1.54) is 0 Å². The molecule has 0 saturated carbocycles. The molecule has 2 rings (SSSR count). The van der Waals surface area contributed by atoms with Gasteiger partial charge in [0, 0.05) is 0 Å². The number of thioether (sulfide) groups is 1. The molecule has 0 aromatic heterocycles. The van der Waals surface area contributed by atoms with Crippen LogP contribution in [0.25, 0.3) is 0 Å². The van der Waals surface area contributed by atoms with E-state index in [2.05, 4.69) is 12.0 Å². The number of benzene rings is 1. The highest BCUT2D eigenvalue weighted by atomic mass is 32.2. The number of para-hydroxylation sites is 1. The van der Waals surface area contributed by atoms with Crippen LogP contribution in [0.4, 0.5) is 5.69 Å². The van der Waals surface area contributed by atoms with Gasteiger partial charge in [0.1, 0.15) is 11.8 Å². The van der Waals surface area contributed by atoms with Crippen LogP contribution in [0.1, 0.15) is 19.8 Å². The van der Waals surface area contributed by atoms with Gasteiger partial charge in [0.2, 0.25) is 11.0 Å². The molecule has 0 saturated heterocycles. The Morgan fingerprint density at radius 3 is 2.77 bits per heavy atom. The highest BCUT2D eigenvalue weighted by Crippen LogP contribution is 2.27. The van der Waals surface area contributed by atoms with Crippen molar-refractivity contribution in [3.63, 3.8) is 0 Å². The number of nitrogens with two attached hydrogens (primary N) is 1. The topological polar surface area (TPSA) is 67.9 Å². The Hall–Kier alpha value is -1.95. The predicted molar refractivity (Wildman–Crippen MR) is 91.5 cm³/mol. The number of anilines is 1. The molecule has 1 heterocycles. The highest BCUT2D eigenvalue weighted by Gasteiger charge is 2.28. The zero-order valence-corrected chi connectivity index (χ0v) is 13.7. The first kappa shape index (κ1) is 16.4. The molecule has 1 unspecified atom stereocenters. The van der Waals surface area contributed by atoms with E-state index in [1.54, 1.807) is 17.3 Å². The van der Waals surface area contributed by atoms with Crippen LogP contribution in [-0.2, 0) is 9.53 Å². The molecule has 1 aromatic rings. The largest absolute Gasteiger partial charge is 0.478 e. The first-order chi connectivity index (χ1) is 10.7. The summed E-state index contributed by atoms with van der Waals surface area (Å²) in [6.45, 7) is 2.69. The number of hydrazone groups is 1. The lowest BCUT2D eigenvalue weighted by Gasteiger charge is -2.28. The van der Waals surface area contributed by atoms with Gasteiger partial charge in [-0.1, -0.05) is 43.3 Å². The smallest absolute Gasteiger partial charge is 0.212 e. The van der Waals surface area contributed by atoms with Crippen molar-refractivity contribution in [1.82, 2.24) is 0 Å². The van der Waals surface area contributed by atoms with Gasteiger partial charge in [-0.2, -0.15) is 10.1 Å². The van der Waals surface area contributed by atoms with Crippen molar-refractivity contribution in [3.8, 4) is 0 Å². The van der Waals surface area contributed by atoms with Crippen LogP contribution in [-0.4, -0.2) is 23.8 Å². The molecule has 0 fully saturated rings. The molecule has 1 aliphatic rings. The van der Waals surface area contributed by atoms with Crippen LogP contribution in [0.2, 0.25) is 0 Å². The summed E-state index contributed by atoms with van der Waals surface area (Å²) in [5.74, 6) is 0.305. The minimum atomic E-state index is -0.536. The average molecular weight is 319 g/mol. The van der Waals surface area contributed by atoms with Crippen LogP contribution >= 0.6 is 11.8 Å². The van der Waals surface area contributed by atoms with Gasteiger partial charge in [-0.05, 0) is 30.9 Å². The zero-order chi connectivity index (χ0) is 15.9. The third-order valence-electron chi connectivity index (χ3n) is 3.26. The number of ether oxygens (including phenoxy) is 1. The normalized spacial score (nSPS) is 17.7. The fourth-order valence-electron chi connectivity index (χ4n) is 2.03. The minimum absolute atomic E-state index is 0.0365. The number of carbonyl (C=O) groups is 1. The van der Waals surface area contributed by atoms with Crippen molar-refractivity contribution in [2.24, 2.45) is 16.8 Å². The minimum Gasteiger partial charge on any atom is -0.478 e. The van der Waals surface area contributed by atoms with Gasteiger partial charge in [-0.25, -0.2) is 0 Å². The molecule has 6 heteroatoms. The maximum absolute atomic E-state index is 12.0. The maximum atomic E-state index is 12.0. The number of unbranched alkanes of at least 4 members (excludes halogenated alkanes) is 1. The highest BCUT2D eigenvalue weighted by molar-refractivity contribution is 8.13. The Morgan fingerprint density at radius 2 is 2.14 bits per heavy atom. The molecular weight excluding hydrogens is 298 g/mol. The van der Waals surface area contributed by atoms with Gasteiger partial charge in [-0.3, -0.25) is 4.79 Å². The van der Waals surface area contributed by atoms with Crippen molar-refractivity contribution in [1.29, 1.82) is 0 Å². The van der Waals surface area contributed by atoms with Gasteiger partial charge in [0.05, 0.1) is 12.3 Å². The number of nitrogens with zero attached hydrogens (tertiary/aromatic N) is 2. The molecule has 118 valence electrons. The maximum Gasteiger partial charge on any atom is 0.212 e. The molecular formula is C16H21N3O2S. The van der Waals surface area contributed by atoms with Crippen molar-refractivity contribution < 1.29 is 9.53 Å². The van der Waals surface area contributed by atoms with Crippen LogP contribution < -0.4 is 10.7 Å². The molecule has 2 N–H and O–H groups in total. The van der Waals surface area contributed by atoms with Crippen molar-refractivity contribution in [2.75, 3.05) is 17.9 Å². The Morgan fingerprint density at radius 1 is 1.41 bits per heavy atom. The molecule has 22 heavy (non-hydrogen) atoms. The summed E-state index contributed by atoms with van der Waals surface area (Å²) in [4.78, 5) is 12.0. The van der Waals surface area contributed by atoms with E-state index in [0.29, 0.717) is 12.5 Å². The number of rotatable bonds is 6. The molecule has 0 aliphatic carbocycles. The second-order valence-corrected chi connectivity index (χ2v) is 5.69. The molecule has 0 bridgehead atoms. The number of hydrogen-bond donors (Lipinski definition) is 1. The monoisotopic (exact) mass is 319 g/mol. The second-order valence-electron chi connectivity index (χ2n) is 4.88. The molecule has 0 spiro atoms. The second kappa shape index (κ2) is 7.89. The first-order valence-electron chi connectivity index (χ1n) is 7.29. The molecule has 0 amide bonds. The lowest BCUT2D eigenvalue weighted by atomic mass is 10.1. The summed E-state index contributed by atoms with van der Waals surface area (Å²) in [7, 11) is 0. The lowest BCUT2D eigenvalue weighted by molar-refractivity contribution is -0.111. The number of hydrogen-bond acceptors (Lipinski definition) is 6. The van der Waals surface area contributed by atoms with Gasteiger partial charge in [0.25, 0.3) is 0 Å². The van der Waals surface area contributed by atoms with E-state index >= 15 is 0 Å². The summed E-state index contributed by atoms with van der Waals surface area (Å²) in [6.07, 6.45) is 5.48. The third kappa shape index (κ3) is 3.82. The van der Waals surface area contributed by atoms with Crippen LogP contribution in [0.3, 0.4) is 0 Å². The van der Waals surface area contributed by atoms with Gasteiger partial charge >= 0.3 is 0 Å². The van der Waals surface area contributed by atoms with Gasteiger partial charge in [0.15, 0.2) is 0 Å². The Kier molecular flexibility index (Phi) is 5.89. The van der Waals surface area contributed by atoms with Crippen molar-refractivity contribution in [2.45, 2.75) is 19.8 Å². The SMILES string of the molecule is CCCCOC1=CC(C(=O)SC)C(N)=NN1c1ccccc1. The quantitative estimate of drug-likeness (QED) is 0.817. The average Bonchev–Trinajstić information content (AvgIpc) is 2.56. The van der Waals surface area contributed by atoms with Crippen molar-refractivity contribution >= 4 is 28.4 Å². The number of carbonyl (C=O) groups excluding carboxylic acids is 1. The zero-order valence-electron chi connectivity index (χ0n) is 12.9. The van der Waals surface area contributed by atoms with E-state index in [4.69, 9.17) is 10.5 Å². The van der Waals surface area contributed by atoms with Gasteiger partial charge in [-0.15, -0.1) is 0 Å². The molecule has 1 aromatic carbocycles. The number of amidine groups is 1. The summed E-state index contributed by atoms with van der Waals surface area (Å²) in [6, 6.07) is 9.62. The van der Waals surface area contributed by atoms with E-state index in [-0.39, 0.29) is 11.0 Å². The van der Waals surface area contributed by atoms with Crippen molar-refractivity contribution in [3.05, 3.63) is 42.3 Å².